The first-order valence-corrected chi connectivity index (χ1v) is 3.40. The van der Waals surface area contributed by atoms with E-state index < -0.39 is 0 Å². The molecule has 0 aromatic rings. The van der Waals surface area contributed by atoms with Crippen LogP contribution in [0.4, 0.5) is 0 Å². The summed E-state index contributed by atoms with van der Waals surface area (Å²) in [7, 11) is 0. The maximum Gasteiger partial charge on any atom is 0.0893 e. The van der Waals surface area contributed by atoms with Crippen molar-refractivity contribution in [2.24, 2.45) is 0 Å². The Labute approximate surface area is 51.6 Å². The molecule has 1 fully saturated rings. The van der Waals surface area contributed by atoms with Gasteiger partial charge in [-0.3, -0.25) is 0 Å². The Morgan fingerprint density at radius 2 is 1.75 bits per heavy atom. The summed E-state index contributed by atoms with van der Waals surface area (Å²) in [5.41, 5.74) is 0. The van der Waals surface area contributed by atoms with E-state index in [-0.39, 0.29) is 0 Å². The monoisotopic (exact) mass is 109 g/mol. The topological polar surface area (TPSA) is 0 Å². The molecule has 0 unspecified atom stereocenters. The predicted octanol–water partition coefficient (Wildman–Crippen LogP) is 2.71. The van der Waals surface area contributed by atoms with Crippen molar-refractivity contribution in [3.8, 4) is 0 Å². The zero-order valence-electron chi connectivity index (χ0n) is 5.32. The van der Waals surface area contributed by atoms with Gasteiger partial charge < -0.3 is 0 Å². The molecule has 0 saturated heterocycles. The van der Waals surface area contributed by atoms with E-state index in [0.717, 1.165) is 0 Å². The molecule has 8 heavy (non-hydrogen) atoms. The van der Waals surface area contributed by atoms with Crippen molar-refractivity contribution in [1.82, 2.24) is 0 Å². The van der Waals surface area contributed by atoms with Crippen LogP contribution in [0.2, 0.25) is 0 Å². The standard InChI is InChI=1S/C8H13/c1-2-8-6-4-3-5-7-8/h2H,1,3-7H2/q+1. The summed E-state index contributed by atoms with van der Waals surface area (Å²) in [6, 6.07) is 0. The molecular formula is C8H13+. The average molecular weight is 109 g/mol. The van der Waals surface area contributed by atoms with Gasteiger partial charge in [-0.05, 0) is 19.3 Å². The van der Waals surface area contributed by atoms with Gasteiger partial charge in [0.05, 0.1) is 12.0 Å². The molecule has 0 bridgehead atoms. The Kier molecular flexibility index (Phi) is 2.01. The molecule has 1 aliphatic rings. The summed E-state index contributed by atoms with van der Waals surface area (Å²) in [6.45, 7) is 3.75. The van der Waals surface area contributed by atoms with Crippen molar-refractivity contribution in [3.05, 3.63) is 18.6 Å². The van der Waals surface area contributed by atoms with E-state index in [1.54, 1.807) is 5.92 Å². The van der Waals surface area contributed by atoms with Gasteiger partial charge in [0.15, 0.2) is 0 Å². The normalized spacial score (nSPS) is 20.8. The van der Waals surface area contributed by atoms with Gasteiger partial charge in [-0.15, -0.1) is 0 Å². The second-order valence-corrected chi connectivity index (χ2v) is 2.42. The quantitative estimate of drug-likeness (QED) is 0.454. The van der Waals surface area contributed by atoms with Gasteiger partial charge in [-0.1, -0.05) is 0 Å². The minimum atomic E-state index is 1.31. The lowest BCUT2D eigenvalue weighted by Crippen LogP contribution is -1.99. The van der Waals surface area contributed by atoms with E-state index in [1.807, 2.05) is 6.08 Å². The Balaban J connectivity index is 2.22. The van der Waals surface area contributed by atoms with Crippen molar-refractivity contribution < 1.29 is 0 Å². The van der Waals surface area contributed by atoms with Crippen molar-refractivity contribution in [2.45, 2.75) is 32.1 Å². The highest BCUT2D eigenvalue weighted by atomic mass is 14.1. The average Bonchev–Trinajstić information content (AvgIpc) is 1.90. The largest absolute Gasteiger partial charge is 0.0893 e. The molecule has 0 amide bonds. The van der Waals surface area contributed by atoms with E-state index in [0.29, 0.717) is 0 Å². The van der Waals surface area contributed by atoms with E-state index in [9.17, 15) is 0 Å². The SMILES string of the molecule is C=C[C+]1CCCCC1. The number of allylic oxidation sites excluding steroid dienone is 1. The van der Waals surface area contributed by atoms with Gasteiger partial charge in [0, 0.05) is 19.4 Å². The molecule has 0 atom stereocenters. The number of hydrogen-bond acceptors (Lipinski definition) is 0. The Morgan fingerprint density at radius 1 is 1.12 bits per heavy atom. The molecular weight excluding hydrogens is 96.1 g/mol. The predicted molar refractivity (Wildman–Crippen MR) is 36.5 cm³/mol. The Hall–Kier alpha value is -0.390. The van der Waals surface area contributed by atoms with Crippen LogP contribution in [0.1, 0.15) is 32.1 Å². The minimum Gasteiger partial charge on any atom is -0.0492 e. The highest BCUT2D eigenvalue weighted by Gasteiger charge is 2.14. The van der Waals surface area contributed by atoms with E-state index in [1.165, 1.54) is 32.1 Å². The third-order valence-corrected chi connectivity index (χ3v) is 1.78. The molecule has 0 aromatic carbocycles. The summed E-state index contributed by atoms with van der Waals surface area (Å²) in [5.74, 6) is 1.57. The Bertz CT molecular complexity index is 68.1. The van der Waals surface area contributed by atoms with Crippen LogP contribution in [-0.2, 0) is 0 Å². The lowest BCUT2D eigenvalue weighted by molar-refractivity contribution is 0.557. The van der Waals surface area contributed by atoms with Gasteiger partial charge in [0.2, 0.25) is 0 Å². The zero-order chi connectivity index (χ0) is 5.82. The maximum atomic E-state index is 3.75. The maximum absolute atomic E-state index is 3.75. The van der Waals surface area contributed by atoms with E-state index in [2.05, 4.69) is 6.58 Å². The number of rotatable bonds is 1. The smallest absolute Gasteiger partial charge is 0.0492 e. The van der Waals surface area contributed by atoms with Crippen molar-refractivity contribution in [1.29, 1.82) is 0 Å². The molecule has 0 heteroatoms. The van der Waals surface area contributed by atoms with Gasteiger partial charge >= 0.3 is 0 Å². The van der Waals surface area contributed by atoms with Crippen molar-refractivity contribution >= 4 is 0 Å². The molecule has 0 N–H and O–H groups in total. The fourth-order valence-electron chi connectivity index (χ4n) is 1.21. The summed E-state index contributed by atoms with van der Waals surface area (Å²) in [5, 5.41) is 0. The molecule has 0 aliphatic heterocycles. The van der Waals surface area contributed by atoms with Crippen LogP contribution in [0.5, 0.6) is 0 Å². The van der Waals surface area contributed by atoms with E-state index in [4.69, 9.17) is 0 Å². The Morgan fingerprint density at radius 3 is 2.12 bits per heavy atom. The first kappa shape index (κ1) is 5.74. The summed E-state index contributed by atoms with van der Waals surface area (Å²) < 4.78 is 0. The molecule has 1 aliphatic carbocycles. The first-order valence-electron chi connectivity index (χ1n) is 3.40. The van der Waals surface area contributed by atoms with Crippen LogP contribution in [-0.4, -0.2) is 0 Å². The van der Waals surface area contributed by atoms with Crippen LogP contribution in [0.15, 0.2) is 12.7 Å². The summed E-state index contributed by atoms with van der Waals surface area (Å²) in [4.78, 5) is 0. The molecule has 0 heterocycles. The van der Waals surface area contributed by atoms with Crippen molar-refractivity contribution in [2.75, 3.05) is 0 Å². The molecule has 0 radical (unpaired) electrons. The van der Waals surface area contributed by atoms with E-state index >= 15 is 0 Å². The highest BCUT2D eigenvalue weighted by molar-refractivity contribution is 5.06. The van der Waals surface area contributed by atoms with Crippen LogP contribution >= 0.6 is 0 Å². The van der Waals surface area contributed by atoms with Crippen LogP contribution in [0.25, 0.3) is 0 Å². The van der Waals surface area contributed by atoms with Gasteiger partial charge in [0.1, 0.15) is 0 Å². The third-order valence-electron chi connectivity index (χ3n) is 1.78. The van der Waals surface area contributed by atoms with Gasteiger partial charge in [-0.2, -0.15) is 0 Å². The molecule has 44 valence electrons. The third kappa shape index (κ3) is 1.29. The van der Waals surface area contributed by atoms with Crippen molar-refractivity contribution in [3.63, 3.8) is 0 Å². The fraction of sp³-hybridized carbons (Fsp3) is 0.625. The molecule has 0 spiro atoms. The summed E-state index contributed by atoms with van der Waals surface area (Å²) >= 11 is 0. The lowest BCUT2D eigenvalue weighted by Gasteiger charge is -2.10. The second-order valence-electron chi connectivity index (χ2n) is 2.42. The second kappa shape index (κ2) is 2.81. The molecule has 0 nitrogen and oxygen atoms in total. The minimum absolute atomic E-state index is 1.31. The first-order chi connectivity index (χ1) is 3.93. The van der Waals surface area contributed by atoms with Crippen LogP contribution in [0, 0.1) is 5.92 Å². The fourth-order valence-corrected chi connectivity index (χ4v) is 1.21. The lowest BCUT2D eigenvalue weighted by atomic mass is 9.90. The van der Waals surface area contributed by atoms with Crippen LogP contribution < -0.4 is 0 Å². The van der Waals surface area contributed by atoms with Gasteiger partial charge in [-0.25, -0.2) is 0 Å². The molecule has 1 rings (SSSR count). The molecule has 1 saturated carbocycles. The van der Waals surface area contributed by atoms with Gasteiger partial charge in [0.25, 0.3) is 0 Å². The molecule has 0 aromatic heterocycles. The highest BCUT2D eigenvalue weighted by Crippen LogP contribution is 2.25. The summed E-state index contributed by atoms with van der Waals surface area (Å²) in [6.07, 6.45) is 8.85. The van der Waals surface area contributed by atoms with Crippen LogP contribution in [0.3, 0.4) is 0 Å². The zero-order valence-corrected chi connectivity index (χ0v) is 5.32. The number of hydrogen-bond donors (Lipinski definition) is 0.